The first-order valence-electron chi connectivity index (χ1n) is 7.07. The molecule has 0 saturated heterocycles. The first-order valence-corrected chi connectivity index (χ1v) is 8.35. The third-order valence-corrected chi connectivity index (χ3v) is 4.51. The van der Waals surface area contributed by atoms with Crippen molar-refractivity contribution in [1.29, 1.82) is 0 Å². The van der Waals surface area contributed by atoms with Crippen molar-refractivity contribution in [3.63, 3.8) is 0 Å². The van der Waals surface area contributed by atoms with Crippen molar-refractivity contribution in [1.82, 2.24) is 15.0 Å². The van der Waals surface area contributed by atoms with Gasteiger partial charge in [-0.25, -0.2) is 9.98 Å². The minimum absolute atomic E-state index is 0.00605. The molecule has 24 heavy (non-hydrogen) atoms. The molecule has 0 saturated carbocycles. The van der Waals surface area contributed by atoms with Crippen molar-refractivity contribution in [3.8, 4) is 17.1 Å². The molecule has 0 amide bonds. The number of H-pyrrole nitrogens is 2. The molecule has 6 nitrogen and oxygen atoms in total. The van der Waals surface area contributed by atoms with Gasteiger partial charge < -0.3 is 10.1 Å². The van der Waals surface area contributed by atoms with Crippen molar-refractivity contribution >= 4 is 34.9 Å². The van der Waals surface area contributed by atoms with Crippen LogP contribution in [0, 0.1) is 18.6 Å². The molecule has 3 aromatic rings. The molecule has 0 aliphatic rings. The summed E-state index contributed by atoms with van der Waals surface area (Å²) in [4.78, 5) is 25.2. The van der Waals surface area contributed by atoms with Crippen molar-refractivity contribution in [3.05, 3.63) is 55.4 Å². The van der Waals surface area contributed by atoms with E-state index >= 15 is 0 Å². The smallest absolute Gasteiger partial charge is 0.264 e. The zero-order valence-electron chi connectivity index (χ0n) is 13.0. The van der Waals surface area contributed by atoms with E-state index in [0.717, 1.165) is 11.3 Å². The highest BCUT2D eigenvalue weighted by atomic mass is 32.1. The number of hydrogen-bond acceptors (Lipinski definition) is 6. The van der Waals surface area contributed by atoms with Crippen LogP contribution >= 0.6 is 23.6 Å². The Balaban J connectivity index is 1.90. The Kier molecular flexibility index (Phi) is 4.41. The number of aryl methyl sites for hydroxylation is 2. The fourth-order valence-corrected chi connectivity index (χ4v) is 2.94. The highest BCUT2D eigenvalue weighted by Gasteiger charge is 2.07. The molecular formula is C16H14N4O2S2. The molecule has 0 atom stereocenters. The van der Waals surface area contributed by atoms with Gasteiger partial charge in [0.25, 0.3) is 5.56 Å². The number of rotatable bonds is 3. The lowest BCUT2D eigenvalue weighted by molar-refractivity contribution is 0.449. The van der Waals surface area contributed by atoms with Crippen molar-refractivity contribution in [2.24, 2.45) is 4.99 Å². The van der Waals surface area contributed by atoms with Crippen LogP contribution in [-0.2, 0) is 0 Å². The molecule has 0 unspecified atom stereocenters. The monoisotopic (exact) mass is 358 g/mol. The summed E-state index contributed by atoms with van der Waals surface area (Å²) in [7, 11) is 0. The number of thiazole rings is 1. The molecule has 0 bridgehead atoms. The SMILES string of the molecule is Cc1ccc(-c2csc(/N=C/c3c(O)[nH]c(=S)[nH]c3=O)n2)cc1C. The van der Waals surface area contributed by atoms with Crippen molar-refractivity contribution in [2.75, 3.05) is 0 Å². The molecule has 122 valence electrons. The summed E-state index contributed by atoms with van der Waals surface area (Å²) >= 11 is 6.13. The zero-order valence-corrected chi connectivity index (χ0v) is 14.6. The lowest BCUT2D eigenvalue weighted by atomic mass is 10.1. The van der Waals surface area contributed by atoms with Crippen LogP contribution in [0.1, 0.15) is 16.7 Å². The number of aliphatic imine (C=N–C) groups is 1. The Morgan fingerprint density at radius 1 is 1.29 bits per heavy atom. The van der Waals surface area contributed by atoms with Crippen LogP contribution in [0.3, 0.4) is 0 Å². The van der Waals surface area contributed by atoms with E-state index in [4.69, 9.17) is 12.2 Å². The number of aromatic hydroxyl groups is 1. The van der Waals surface area contributed by atoms with E-state index in [2.05, 4.69) is 45.9 Å². The molecule has 2 heterocycles. The molecule has 1 aromatic carbocycles. The number of benzene rings is 1. The zero-order chi connectivity index (χ0) is 17.3. The summed E-state index contributed by atoms with van der Waals surface area (Å²) in [5.74, 6) is -0.321. The van der Waals surface area contributed by atoms with Gasteiger partial charge in [0, 0.05) is 17.2 Å². The summed E-state index contributed by atoms with van der Waals surface area (Å²) in [5.41, 5.74) is 3.75. The van der Waals surface area contributed by atoms with Gasteiger partial charge >= 0.3 is 0 Å². The summed E-state index contributed by atoms with van der Waals surface area (Å²) in [6, 6.07) is 6.14. The lowest BCUT2D eigenvalue weighted by Crippen LogP contribution is -2.13. The fraction of sp³-hybridized carbons (Fsp3) is 0.125. The standard InChI is InChI=1S/C16H14N4O2S2/c1-8-3-4-10(5-9(8)2)12-7-24-16(18-12)17-6-11-13(21)19-15(23)20-14(11)22/h3-7H,1-2H3,(H3,19,20,21,22,23)/b17-6+. The van der Waals surface area contributed by atoms with Crippen molar-refractivity contribution in [2.45, 2.75) is 13.8 Å². The van der Waals surface area contributed by atoms with E-state index in [1.165, 1.54) is 28.7 Å². The second-order valence-corrected chi connectivity index (χ2v) is 6.49. The second kappa shape index (κ2) is 6.50. The van der Waals surface area contributed by atoms with Gasteiger partial charge in [-0.1, -0.05) is 12.1 Å². The van der Waals surface area contributed by atoms with E-state index in [0.29, 0.717) is 5.13 Å². The fourth-order valence-electron chi connectivity index (χ4n) is 2.08. The van der Waals surface area contributed by atoms with E-state index in [1.54, 1.807) is 0 Å². The van der Waals surface area contributed by atoms with Gasteiger partial charge in [-0.15, -0.1) is 11.3 Å². The van der Waals surface area contributed by atoms with E-state index in [-0.39, 0.29) is 16.2 Å². The molecule has 0 fully saturated rings. The van der Waals surface area contributed by atoms with Crippen LogP contribution in [0.2, 0.25) is 0 Å². The third-order valence-electron chi connectivity index (χ3n) is 3.56. The lowest BCUT2D eigenvalue weighted by Gasteiger charge is -2.02. The highest BCUT2D eigenvalue weighted by Crippen LogP contribution is 2.28. The number of hydrogen-bond donors (Lipinski definition) is 3. The summed E-state index contributed by atoms with van der Waals surface area (Å²) in [6.45, 7) is 4.11. The molecular weight excluding hydrogens is 344 g/mol. The number of aromatic nitrogens is 3. The molecule has 3 N–H and O–H groups in total. The summed E-state index contributed by atoms with van der Waals surface area (Å²) in [5, 5.41) is 12.1. The van der Waals surface area contributed by atoms with E-state index in [1.807, 2.05) is 11.4 Å². The third kappa shape index (κ3) is 3.34. The second-order valence-electron chi connectivity index (χ2n) is 5.24. The number of nitrogens with zero attached hydrogens (tertiary/aromatic N) is 2. The molecule has 3 rings (SSSR count). The maximum absolute atomic E-state index is 11.8. The van der Waals surface area contributed by atoms with Gasteiger partial charge in [0.1, 0.15) is 5.56 Å². The largest absolute Gasteiger partial charge is 0.494 e. The van der Waals surface area contributed by atoms with Gasteiger partial charge in [-0.3, -0.25) is 9.78 Å². The van der Waals surface area contributed by atoms with Crippen LogP contribution in [-0.4, -0.2) is 26.3 Å². The predicted octanol–water partition coefficient (Wildman–Crippen LogP) is 3.63. The van der Waals surface area contributed by atoms with E-state index < -0.39 is 5.56 Å². The minimum atomic E-state index is -0.508. The number of nitrogens with one attached hydrogen (secondary N) is 2. The maximum Gasteiger partial charge on any atom is 0.264 e. The Bertz CT molecular complexity index is 1050. The van der Waals surface area contributed by atoms with Gasteiger partial charge in [0.2, 0.25) is 11.0 Å². The van der Waals surface area contributed by atoms with Crippen molar-refractivity contribution < 1.29 is 5.11 Å². The summed E-state index contributed by atoms with van der Waals surface area (Å²) < 4.78 is 0.0564. The average Bonchev–Trinajstić information content (AvgIpc) is 2.98. The molecule has 0 spiro atoms. The molecule has 0 radical (unpaired) electrons. The Morgan fingerprint density at radius 2 is 2.08 bits per heavy atom. The molecule has 8 heteroatoms. The van der Waals surface area contributed by atoms with Crippen LogP contribution in [0.5, 0.6) is 5.88 Å². The first-order chi connectivity index (χ1) is 11.4. The molecule has 2 aromatic heterocycles. The number of aromatic amines is 2. The van der Waals surface area contributed by atoms with Gasteiger partial charge in [0.15, 0.2) is 4.77 Å². The Hall–Kier alpha value is -2.58. The quantitative estimate of drug-likeness (QED) is 0.492. The Morgan fingerprint density at radius 3 is 2.79 bits per heavy atom. The normalized spacial score (nSPS) is 11.2. The molecule has 0 aliphatic heterocycles. The van der Waals surface area contributed by atoms with Gasteiger partial charge in [0.05, 0.1) is 5.69 Å². The first kappa shape index (κ1) is 16.3. The predicted molar refractivity (Wildman–Crippen MR) is 98.2 cm³/mol. The van der Waals surface area contributed by atoms with Crippen LogP contribution in [0.15, 0.2) is 33.4 Å². The average molecular weight is 358 g/mol. The molecule has 0 aliphatic carbocycles. The van der Waals surface area contributed by atoms with Crippen LogP contribution in [0.25, 0.3) is 11.3 Å². The van der Waals surface area contributed by atoms with Gasteiger partial charge in [-0.2, -0.15) is 0 Å². The Labute approximate surface area is 146 Å². The van der Waals surface area contributed by atoms with Crippen LogP contribution in [0.4, 0.5) is 5.13 Å². The van der Waals surface area contributed by atoms with Gasteiger partial charge in [-0.05, 0) is 43.3 Å². The van der Waals surface area contributed by atoms with E-state index in [9.17, 15) is 9.90 Å². The maximum atomic E-state index is 11.8. The summed E-state index contributed by atoms with van der Waals surface area (Å²) in [6.07, 6.45) is 1.27. The topological polar surface area (TPSA) is 94.1 Å². The minimum Gasteiger partial charge on any atom is -0.494 e. The highest BCUT2D eigenvalue weighted by molar-refractivity contribution is 7.71. The van der Waals surface area contributed by atoms with Crippen LogP contribution < -0.4 is 5.56 Å².